The van der Waals surface area contributed by atoms with E-state index in [0.29, 0.717) is 5.82 Å². The third-order valence-corrected chi connectivity index (χ3v) is 4.55. The Kier molecular flexibility index (Phi) is 4.29. The van der Waals surface area contributed by atoms with Crippen LogP contribution in [0.5, 0.6) is 0 Å². The number of nitrogens with zero attached hydrogens (tertiary/aromatic N) is 4. The Labute approximate surface area is 139 Å². The first kappa shape index (κ1) is 15.5. The van der Waals surface area contributed by atoms with Crippen LogP contribution in [0.25, 0.3) is 0 Å². The lowest BCUT2D eigenvalue weighted by molar-refractivity contribution is 0.823. The Morgan fingerprint density at radius 2 is 2.17 bits per heavy atom. The number of rotatable bonds is 4. The van der Waals surface area contributed by atoms with Crippen molar-refractivity contribution in [3.05, 3.63) is 42.4 Å². The smallest absolute Gasteiger partial charge is 0.222 e. The number of nitrogens with one attached hydrogen (secondary N) is 1. The fourth-order valence-electron chi connectivity index (χ4n) is 2.20. The zero-order valence-electron chi connectivity index (χ0n) is 13.0. The molecule has 0 bridgehead atoms. The summed E-state index contributed by atoms with van der Waals surface area (Å²) in [5.74, 6) is 0.918. The maximum Gasteiger partial charge on any atom is 0.222 e. The highest BCUT2D eigenvalue weighted by molar-refractivity contribution is 8.00. The minimum absolute atomic E-state index is 0.00190. The SMILES string of the molecule is Cc1cc(Nc2ccc(SC3(C)C=CN=CC3)nc2)nc(N)n1. The maximum absolute atomic E-state index is 5.66. The van der Waals surface area contributed by atoms with E-state index in [4.69, 9.17) is 5.73 Å². The molecule has 0 aliphatic carbocycles. The van der Waals surface area contributed by atoms with E-state index in [2.05, 4.69) is 38.3 Å². The number of anilines is 3. The molecule has 2 aromatic heterocycles. The lowest BCUT2D eigenvalue weighted by atomic mass is 10.1. The van der Waals surface area contributed by atoms with Crippen molar-refractivity contribution in [2.45, 2.75) is 30.0 Å². The van der Waals surface area contributed by atoms with Gasteiger partial charge in [0, 0.05) is 35.3 Å². The quantitative estimate of drug-likeness (QED) is 0.895. The molecule has 0 saturated carbocycles. The Morgan fingerprint density at radius 3 is 2.83 bits per heavy atom. The van der Waals surface area contributed by atoms with Gasteiger partial charge in [0.05, 0.1) is 16.9 Å². The van der Waals surface area contributed by atoms with Crippen LogP contribution in [0.2, 0.25) is 0 Å². The highest BCUT2D eigenvalue weighted by Gasteiger charge is 2.23. The summed E-state index contributed by atoms with van der Waals surface area (Å²) in [5, 5.41) is 4.16. The number of nitrogen functional groups attached to an aromatic ring is 1. The van der Waals surface area contributed by atoms with Gasteiger partial charge in [-0.25, -0.2) is 9.97 Å². The molecule has 3 N–H and O–H groups in total. The van der Waals surface area contributed by atoms with E-state index in [9.17, 15) is 0 Å². The summed E-state index contributed by atoms with van der Waals surface area (Å²) in [6.45, 7) is 4.06. The molecule has 23 heavy (non-hydrogen) atoms. The van der Waals surface area contributed by atoms with Gasteiger partial charge in [0.25, 0.3) is 0 Å². The molecule has 0 aromatic carbocycles. The topological polar surface area (TPSA) is 89.1 Å². The number of aromatic nitrogens is 3. The number of nitrogens with two attached hydrogens (primary N) is 1. The van der Waals surface area contributed by atoms with Gasteiger partial charge in [-0.15, -0.1) is 0 Å². The highest BCUT2D eigenvalue weighted by Crippen LogP contribution is 2.36. The normalized spacial score (nSPS) is 19.7. The van der Waals surface area contributed by atoms with Crippen molar-refractivity contribution < 1.29 is 0 Å². The van der Waals surface area contributed by atoms with Crippen molar-refractivity contribution in [2.75, 3.05) is 11.1 Å². The fourth-order valence-corrected chi connectivity index (χ4v) is 3.20. The average molecular weight is 326 g/mol. The van der Waals surface area contributed by atoms with Gasteiger partial charge >= 0.3 is 0 Å². The molecule has 3 heterocycles. The third kappa shape index (κ3) is 4.07. The van der Waals surface area contributed by atoms with E-state index in [1.807, 2.05) is 37.5 Å². The third-order valence-electron chi connectivity index (χ3n) is 3.33. The van der Waals surface area contributed by atoms with Gasteiger partial charge in [-0.3, -0.25) is 4.99 Å². The van der Waals surface area contributed by atoms with Crippen molar-refractivity contribution in [1.82, 2.24) is 15.0 Å². The average Bonchev–Trinajstić information content (AvgIpc) is 2.49. The molecule has 1 unspecified atom stereocenters. The van der Waals surface area contributed by atoms with Crippen molar-refractivity contribution in [3.8, 4) is 0 Å². The number of aryl methyl sites for hydroxylation is 1. The molecule has 0 radical (unpaired) electrons. The van der Waals surface area contributed by atoms with Crippen LogP contribution in [-0.2, 0) is 0 Å². The number of hydrogen-bond donors (Lipinski definition) is 2. The molecular formula is C16H18N6S. The van der Waals surface area contributed by atoms with Crippen LogP contribution in [0.4, 0.5) is 17.5 Å². The van der Waals surface area contributed by atoms with E-state index in [1.165, 1.54) is 0 Å². The first-order chi connectivity index (χ1) is 11.0. The molecule has 0 spiro atoms. The summed E-state index contributed by atoms with van der Waals surface area (Å²) in [4.78, 5) is 16.8. The molecule has 7 heteroatoms. The van der Waals surface area contributed by atoms with E-state index in [0.717, 1.165) is 22.8 Å². The molecule has 6 nitrogen and oxygen atoms in total. The molecule has 1 aliphatic heterocycles. The summed E-state index contributed by atoms with van der Waals surface area (Å²) in [6.07, 6.45) is 8.58. The van der Waals surface area contributed by atoms with Gasteiger partial charge in [-0.2, -0.15) is 4.98 Å². The van der Waals surface area contributed by atoms with Crippen molar-refractivity contribution in [1.29, 1.82) is 0 Å². The van der Waals surface area contributed by atoms with Crippen LogP contribution in [0.1, 0.15) is 19.0 Å². The van der Waals surface area contributed by atoms with Crippen LogP contribution in [0, 0.1) is 6.92 Å². The summed E-state index contributed by atoms with van der Waals surface area (Å²) < 4.78 is 0.00190. The molecule has 0 fully saturated rings. The van der Waals surface area contributed by atoms with Crippen molar-refractivity contribution in [2.24, 2.45) is 4.99 Å². The largest absolute Gasteiger partial charge is 0.368 e. The number of aliphatic imine (C=N–C) groups is 1. The van der Waals surface area contributed by atoms with Crippen LogP contribution in [-0.4, -0.2) is 25.9 Å². The minimum atomic E-state index is 0.00190. The van der Waals surface area contributed by atoms with Gasteiger partial charge in [-0.05, 0) is 32.1 Å². The zero-order chi connectivity index (χ0) is 16.3. The van der Waals surface area contributed by atoms with Gasteiger partial charge in [-0.1, -0.05) is 11.8 Å². The predicted octanol–water partition coefficient (Wildman–Crippen LogP) is 3.34. The Hall–Kier alpha value is -2.41. The summed E-state index contributed by atoms with van der Waals surface area (Å²) >= 11 is 1.72. The van der Waals surface area contributed by atoms with Crippen LogP contribution >= 0.6 is 11.8 Å². The standard InChI is InChI=1S/C16H18N6S/c1-11-9-13(22-15(17)20-11)21-12-3-4-14(19-10-12)23-16(2)5-7-18-8-6-16/h3-5,7-10H,6H2,1-2H3,(H3,17,20,21,22). The lowest BCUT2D eigenvalue weighted by Gasteiger charge is -2.24. The zero-order valence-corrected chi connectivity index (χ0v) is 13.8. The minimum Gasteiger partial charge on any atom is -0.368 e. The predicted molar refractivity (Wildman–Crippen MR) is 95.2 cm³/mol. The summed E-state index contributed by atoms with van der Waals surface area (Å²) in [6, 6.07) is 5.81. The van der Waals surface area contributed by atoms with Crippen molar-refractivity contribution >= 4 is 35.4 Å². The molecule has 1 atom stereocenters. The molecular weight excluding hydrogens is 308 g/mol. The Morgan fingerprint density at radius 1 is 1.30 bits per heavy atom. The number of thioether (sulfide) groups is 1. The fraction of sp³-hybridized carbons (Fsp3) is 0.250. The van der Waals surface area contributed by atoms with E-state index in [1.54, 1.807) is 18.0 Å². The second kappa shape index (κ2) is 6.37. The van der Waals surface area contributed by atoms with Crippen molar-refractivity contribution in [3.63, 3.8) is 0 Å². The summed E-state index contributed by atoms with van der Waals surface area (Å²) in [5.41, 5.74) is 7.34. The monoisotopic (exact) mass is 326 g/mol. The molecule has 3 rings (SSSR count). The summed E-state index contributed by atoms with van der Waals surface area (Å²) in [7, 11) is 0. The second-order valence-corrected chi connectivity index (χ2v) is 7.08. The van der Waals surface area contributed by atoms with Crippen LogP contribution in [0.15, 0.2) is 46.7 Å². The van der Waals surface area contributed by atoms with E-state index >= 15 is 0 Å². The Balaban J connectivity index is 1.69. The maximum atomic E-state index is 5.66. The number of hydrogen-bond acceptors (Lipinski definition) is 7. The van der Waals surface area contributed by atoms with Gasteiger partial charge in [0.1, 0.15) is 5.82 Å². The van der Waals surface area contributed by atoms with E-state index in [-0.39, 0.29) is 10.7 Å². The van der Waals surface area contributed by atoms with E-state index < -0.39 is 0 Å². The Bertz CT molecular complexity index is 735. The van der Waals surface area contributed by atoms with Gasteiger partial charge < -0.3 is 11.1 Å². The first-order valence-electron chi connectivity index (χ1n) is 7.25. The molecule has 1 aliphatic rings. The second-order valence-electron chi connectivity index (χ2n) is 5.53. The molecule has 0 amide bonds. The van der Waals surface area contributed by atoms with Crippen LogP contribution in [0.3, 0.4) is 0 Å². The molecule has 2 aromatic rings. The van der Waals surface area contributed by atoms with Gasteiger partial charge in [0.2, 0.25) is 5.95 Å². The lowest BCUT2D eigenvalue weighted by Crippen LogP contribution is -2.19. The van der Waals surface area contributed by atoms with Crippen LogP contribution < -0.4 is 11.1 Å². The highest BCUT2D eigenvalue weighted by atomic mass is 32.2. The first-order valence-corrected chi connectivity index (χ1v) is 8.07. The molecule has 0 saturated heterocycles. The van der Waals surface area contributed by atoms with Gasteiger partial charge in [0.15, 0.2) is 0 Å². The number of pyridine rings is 1. The molecule has 118 valence electrons.